The fourth-order valence-electron chi connectivity index (χ4n) is 14.5. The number of aryl methyl sites for hydroxylation is 1. The summed E-state index contributed by atoms with van der Waals surface area (Å²) in [5, 5.41) is 9.41. The Balaban J connectivity index is 0.000000172. The number of hydrogen-bond acceptors (Lipinski definition) is 2. The normalized spacial score (nSPS) is 12.4. The molecule has 11 aromatic carbocycles. The number of nitrogens with zero attached hydrogens (tertiary/aromatic N) is 8. The molecular formula is C89H76N8Pt2Si2-2. The van der Waals surface area contributed by atoms with Gasteiger partial charge in [-0.1, -0.05) is 180 Å². The maximum Gasteiger partial charge on any atom is 0.188 e. The van der Waals surface area contributed by atoms with Crippen LogP contribution in [0.4, 0.5) is 0 Å². The molecule has 0 N–H and O–H groups in total. The van der Waals surface area contributed by atoms with Crippen molar-refractivity contribution in [2.75, 3.05) is 0 Å². The summed E-state index contributed by atoms with van der Waals surface area (Å²) in [5.74, 6) is 2.57. The van der Waals surface area contributed by atoms with Crippen molar-refractivity contribution in [3.8, 4) is 51.0 Å². The van der Waals surface area contributed by atoms with Crippen molar-refractivity contribution < 1.29 is 46.2 Å². The monoisotopic (exact) mass is 1710 g/mol. The zero-order chi connectivity index (χ0) is 70.2. The smallest absolute Gasteiger partial charge is 0.188 e. The third kappa shape index (κ3) is 12.3. The molecule has 0 spiro atoms. The van der Waals surface area contributed by atoms with Gasteiger partial charge < -0.3 is 9.13 Å². The molecule has 0 atom stereocenters. The Bertz CT molecular complexity index is 6070. The van der Waals surface area contributed by atoms with Gasteiger partial charge in [0.25, 0.3) is 0 Å². The number of fused-ring (bicyclic) bond motifs is 8. The molecule has 0 fully saturated rings. The maximum absolute atomic E-state index is 8.12. The summed E-state index contributed by atoms with van der Waals surface area (Å²) in [6.45, 7) is 16.1. The zero-order valence-electron chi connectivity index (χ0n) is 60.5. The van der Waals surface area contributed by atoms with Crippen molar-refractivity contribution >= 4 is 103 Å². The van der Waals surface area contributed by atoms with E-state index in [1.807, 2.05) is 53.4 Å². The molecule has 6 heterocycles. The van der Waals surface area contributed by atoms with E-state index in [4.69, 9.17) is 14.1 Å². The molecule has 0 saturated heterocycles. The quantitative estimate of drug-likeness (QED) is 0.0853. The van der Waals surface area contributed by atoms with E-state index in [0.717, 1.165) is 94.0 Å². The second-order valence-corrected chi connectivity index (χ2v) is 36.1. The van der Waals surface area contributed by atoms with Crippen LogP contribution in [-0.2, 0) is 49.1 Å². The molecule has 0 saturated carbocycles. The first-order valence-corrected chi connectivity index (χ1v) is 40.1. The van der Waals surface area contributed by atoms with Crippen LogP contribution in [0.3, 0.4) is 0 Å². The number of rotatable bonds is 13. The van der Waals surface area contributed by atoms with E-state index < -0.39 is 23.1 Å². The number of benzene rings is 11. The number of pyridine rings is 2. The minimum atomic E-state index is -2.37. The Labute approximate surface area is 626 Å². The summed E-state index contributed by atoms with van der Waals surface area (Å²) in [5.41, 5.74) is 18.4. The van der Waals surface area contributed by atoms with Crippen LogP contribution in [0.5, 0.6) is 0 Å². The standard InChI is InChI=1S/C47H39N4Si.C42H37N4Si.2Pt/c1-33(2)39-19-8-9-20-40(39)34-27-28-48-47(29-34)51-43-22-11-10-21-41(43)42-26-25-38(31-46(42)51)52(3,4)37-18-14-17-36(30-37)50-32-49(35-15-6-5-7-16-35)44-23-12-13-24-45(44)50;1-29(2)34-15-6-7-16-35(34)30-23-24-43-42(25-30)46-38-18-9-8-17-36(38)37-22-21-33(27-41(37)46)47(4,5)32-14-12-13-31(26-32)45-28-44(3)39-19-10-11-20-40(39)45;;/h5-29,32-33H,1-4H3;6-25,28-29H,1-5H3;;/q2*-1;;/i;3D3;;. The Hall–Kier alpha value is -9.93. The minimum Gasteiger partial charge on any atom is -0.319 e. The summed E-state index contributed by atoms with van der Waals surface area (Å²) in [7, 11) is -4.65. The van der Waals surface area contributed by atoms with Gasteiger partial charge >= 0.3 is 0 Å². The van der Waals surface area contributed by atoms with Crippen molar-refractivity contribution in [2.45, 2.75) is 65.7 Å². The first-order valence-electron chi connectivity index (χ1n) is 35.6. The van der Waals surface area contributed by atoms with Gasteiger partial charge in [-0.25, -0.2) is 23.7 Å². The Morgan fingerprint density at radius 1 is 0.366 bits per heavy atom. The molecule has 17 aromatic rings. The molecule has 12 heteroatoms. The van der Waals surface area contributed by atoms with Crippen molar-refractivity contribution in [3.63, 3.8) is 0 Å². The molecular weight excluding hydrogens is 1630 g/mol. The molecule has 0 bridgehead atoms. The third-order valence-electron chi connectivity index (χ3n) is 20.0. The van der Waals surface area contributed by atoms with Crippen molar-refractivity contribution in [1.29, 1.82) is 0 Å². The largest absolute Gasteiger partial charge is 0.319 e. The van der Waals surface area contributed by atoms with Crippen LogP contribution in [0.25, 0.3) is 117 Å². The van der Waals surface area contributed by atoms with E-state index in [-0.39, 0.29) is 42.1 Å². The Kier molecular flexibility index (Phi) is 17.8. The topological polar surface area (TPSA) is 55.4 Å². The zero-order valence-corrected chi connectivity index (χ0v) is 64.0. The van der Waals surface area contributed by atoms with Crippen molar-refractivity contribution in [1.82, 2.24) is 37.4 Å². The van der Waals surface area contributed by atoms with E-state index in [1.165, 1.54) is 53.5 Å². The SMILES string of the molecule is CC(C)c1ccccc1-c1ccnc(-n2c3[c-]c([Si](C)(C)c4[c-]c(-n5[cH+]n(-c6ccccc6)c6ccccc65)ccc4)ccc3c3ccccc32)c1.[2H]C([2H])([2H])n1[cH+]n(-c2[c-]c([Si](C)(C)c3[c-]c4c(cc3)c3ccccc3n4-c3cc(-c4ccccc4C(C)C)ccn3)ccc2)c2ccccc21.[Pt].[Pt]. The van der Waals surface area contributed by atoms with E-state index in [1.54, 1.807) is 6.33 Å². The summed E-state index contributed by atoms with van der Waals surface area (Å²) in [6.07, 6.45) is 7.70. The van der Waals surface area contributed by atoms with Crippen LogP contribution in [0.15, 0.2) is 286 Å². The van der Waals surface area contributed by atoms with Crippen LogP contribution in [0.1, 0.15) is 54.8 Å². The van der Waals surface area contributed by atoms with Gasteiger partial charge in [0.1, 0.15) is 17.3 Å². The maximum atomic E-state index is 8.12. The van der Waals surface area contributed by atoms with E-state index in [0.29, 0.717) is 17.4 Å². The number of para-hydroxylation sites is 7. The molecule has 502 valence electrons. The van der Waals surface area contributed by atoms with E-state index in [9.17, 15) is 0 Å². The Morgan fingerprint density at radius 3 is 1.24 bits per heavy atom. The summed E-state index contributed by atoms with van der Waals surface area (Å²) >= 11 is 0. The molecule has 0 unspecified atom stereocenters. The third-order valence-corrected chi connectivity index (χ3v) is 26.5. The summed E-state index contributed by atoms with van der Waals surface area (Å²) in [6, 6.07) is 107. The molecule has 0 aliphatic rings. The fraction of sp³-hybridized carbons (Fsp3) is 0.124. The van der Waals surface area contributed by atoms with Gasteiger partial charge in [0.15, 0.2) is 34.7 Å². The first kappa shape index (κ1) is 64.4. The van der Waals surface area contributed by atoms with Gasteiger partial charge in [-0.2, -0.15) is 86.0 Å². The molecule has 0 amide bonds. The van der Waals surface area contributed by atoms with E-state index in [2.05, 4.69) is 327 Å². The molecule has 6 aromatic heterocycles. The van der Waals surface area contributed by atoms with Gasteiger partial charge in [0, 0.05) is 112 Å². The van der Waals surface area contributed by atoms with Gasteiger partial charge in [0.05, 0.1) is 16.1 Å². The van der Waals surface area contributed by atoms with Gasteiger partial charge in [-0.15, -0.1) is 35.0 Å². The minimum absolute atomic E-state index is 0. The number of aromatic nitrogens is 8. The van der Waals surface area contributed by atoms with Crippen molar-refractivity contribution in [3.05, 3.63) is 321 Å². The first-order chi connectivity index (χ1) is 49.4. The predicted molar refractivity (Wildman–Crippen MR) is 419 cm³/mol. The number of hydrogen-bond donors (Lipinski definition) is 0. The average Bonchev–Trinajstić information content (AvgIpc) is 1.62. The Morgan fingerprint density at radius 2 is 0.762 bits per heavy atom. The molecule has 101 heavy (non-hydrogen) atoms. The fourth-order valence-corrected chi connectivity index (χ4v) is 18.9. The van der Waals surface area contributed by atoms with Crippen LogP contribution in [0, 0.1) is 24.3 Å². The average molecular weight is 1710 g/mol. The molecule has 17 rings (SSSR count). The molecule has 0 aliphatic carbocycles. The molecule has 0 aliphatic heterocycles. The van der Waals surface area contributed by atoms with Gasteiger partial charge in [0.2, 0.25) is 0 Å². The van der Waals surface area contributed by atoms with Crippen LogP contribution < -0.4 is 20.7 Å². The second-order valence-electron chi connectivity index (χ2n) is 27.4. The summed E-state index contributed by atoms with van der Waals surface area (Å²) < 4.78 is 36.7. The van der Waals surface area contributed by atoms with Gasteiger partial charge in [-0.3, -0.25) is 0 Å². The predicted octanol–water partition coefficient (Wildman–Crippen LogP) is 19.4. The summed E-state index contributed by atoms with van der Waals surface area (Å²) in [4.78, 5) is 9.89. The van der Waals surface area contributed by atoms with Gasteiger partial charge in [-0.05, 0) is 117 Å². The van der Waals surface area contributed by atoms with Crippen LogP contribution in [0.2, 0.25) is 26.2 Å². The molecule has 8 nitrogen and oxygen atoms in total. The number of imidazole rings is 2. The van der Waals surface area contributed by atoms with Crippen LogP contribution >= 0.6 is 0 Å². The van der Waals surface area contributed by atoms with Crippen molar-refractivity contribution in [2.24, 2.45) is 6.98 Å². The van der Waals surface area contributed by atoms with Crippen LogP contribution in [-0.4, -0.2) is 53.5 Å². The molecule has 0 radical (unpaired) electrons. The second kappa shape index (κ2) is 27.9. The van der Waals surface area contributed by atoms with E-state index >= 15 is 0 Å².